The van der Waals surface area contributed by atoms with Gasteiger partial charge in [-0.05, 0) is 56.4 Å². The minimum Gasteiger partial charge on any atom is -0.370 e. The van der Waals surface area contributed by atoms with E-state index in [-0.39, 0.29) is 5.91 Å². The number of benzene rings is 1. The van der Waals surface area contributed by atoms with Crippen molar-refractivity contribution in [3.8, 4) is 0 Å². The van der Waals surface area contributed by atoms with Crippen LogP contribution in [-0.2, 0) is 0 Å². The highest BCUT2D eigenvalue weighted by atomic mass is 16.1. The Balaban J connectivity index is 1.67. The molecule has 1 aromatic carbocycles. The number of aryl methyl sites for hydroxylation is 2. The largest absolute Gasteiger partial charge is 0.370 e. The summed E-state index contributed by atoms with van der Waals surface area (Å²) in [5, 5.41) is 2.94. The molecule has 1 aromatic heterocycles. The second-order valence-corrected chi connectivity index (χ2v) is 6.84. The lowest BCUT2D eigenvalue weighted by molar-refractivity contribution is 0.102. The Kier molecular flexibility index (Phi) is 4.84. The molecular formula is C20H25N3O. The molecule has 0 bridgehead atoms. The molecule has 0 unspecified atom stereocenters. The number of amides is 1. The molecule has 2 heterocycles. The van der Waals surface area contributed by atoms with Gasteiger partial charge in [0.05, 0.1) is 11.9 Å². The van der Waals surface area contributed by atoms with Gasteiger partial charge in [0.25, 0.3) is 5.91 Å². The van der Waals surface area contributed by atoms with Crippen molar-refractivity contribution in [2.45, 2.75) is 33.6 Å². The van der Waals surface area contributed by atoms with Crippen LogP contribution < -0.4 is 10.2 Å². The third-order valence-electron chi connectivity index (χ3n) is 4.76. The van der Waals surface area contributed by atoms with Crippen molar-refractivity contribution in [1.29, 1.82) is 0 Å². The van der Waals surface area contributed by atoms with E-state index in [9.17, 15) is 4.79 Å². The van der Waals surface area contributed by atoms with Crippen LogP contribution in [-0.4, -0.2) is 24.0 Å². The molecule has 0 spiro atoms. The molecular weight excluding hydrogens is 298 g/mol. The maximum atomic E-state index is 12.4. The first-order valence-corrected chi connectivity index (χ1v) is 8.62. The number of piperidine rings is 1. The van der Waals surface area contributed by atoms with Gasteiger partial charge >= 0.3 is 0 Å². The fourth-order valence-corrected chi connectivity index (χ4v) is 3.11. The number of aromatic nitrogens is 1. The predicted molar refractivity (Wildman–Crippen MR) is 98.7 cm³/mol. The number of nitrogens with one attached hydrogen (secondary N) is 1. The van der Waals surface area contributed by atoms with Crippen LogP contribution in [0.5, 0.6) is 0 Å². The Morgan fingerprint density at radius 2 is 1.92 bits per heavy atom. The van der Waals surface area contributed by atoms with Crippen LogP contribution >= 0.6 is 0 Å². The van der Waals surface area contributed by atoms with Crippen molar-refractivity contribution in [2.75, 3.05) is 23.3 Å². The van der Waals surface area contributed by atoms with Gasteiger partial charge in [0.2, 0.25) is 0 Å². The van der Waals surface area contributed by atoms with E-state index >= 15 is 0 Å². The first-order chi connectivity index (χ1) is 11.5. The smallest absolute Gasteiger partial charge is 0.274 e. The molecule has 24 heavy (non-hydrogen) atoms. The highest BCUT2D eigenvalue weighted by Crippen LogP contribution is 2.22. The number of carbonyl (C=O) groups excluding carboxylic acids is 1. The van der Waals surface area contributed by atoms with Crippen molar-refractivity contribution in [1.82, 2.24) is 4.98 Å². The molecule has 0 aliphatic carbocycles. The summed E-state index contributed by atoms with van der Waals surface area (Å²) in [4.78, 5) is 19.1. The number of rotatable bonds is 3. The van der Waals surface area contributed by atoms with E-state index in [0.29, 0.717) is 5.69 Å². The van der Waals surface area contributed by atoms with E-state index in [1.165, 1.54) is 18.4 Å². The molecule has 0 radical (unpaired) electrons. The molecule has 1 N–H and O–H groups in total. The Hall–Kier alpha value is -2.36. The summed E-state index contributed by atoms with van der Waals surface area (Å²) in [6.07, 6.45) is 4.25. The predicted octanol–water partition coefficient (Wildman–Crippen LogP) is 4.19. The number of hydrogen-bond donors (Lipinski definition) is 1. The molecule has 1 saturated heterocycles. The Morgan fingerprint density at radius 3 is 2.54 bits per heavy atom. The molecule has 3 rings (SSSR count). The molecule has 4 heteroatoms. The summed E-state index contributed by atoms with van der Waals surface area (Å²) in [6, 6.07) is 9.80. The van der Waals surface area contributed by atoms with Gasteiger partial charge in [0.15, 0.2) is 0 Å². The van der Waals surface area contributed by atoms with Crippen LogP contribution in [0.3, 0.4) is 0 Å². The quantitative estimate of drug-likeness (QED) is 0.921. The molecule has 0 saturated carbocycles. The number of carbonyl (C=O) groups is 1. The van der Waals surface area contributed by atoms with Crippen molar-refractivity contribution < 1.29 is 4.79 Å². The Morgan fingerprint density at radius 1 is 1.17 bits per heavy atom. The SMILES string of the molecule is Cc1ccc(NC(=O)c2ccc(N3CCC(C)CC3)cn2)c(C)c1. The summed E-state index contributed by atoms with van der Waals surface area (Å²) < 4.78 is 0. The summed E-state index contributed by atoms with van der Waals surface area (Å²) in [7, 11) is 0. The average Bonchev–Trinajstić information content (AvgIpc) is 2.58. The zero-order valence-electron chi connectivity index (χ0n) is 14.7. The van der Waals surface area contributed by atoms with Crippen molar-refractivity contribution in [3.05, 3.63) is 53.3 Å². The van der Waals surface area contributed by atoms with Gasteiger partial charge in [0, 0.05) is 18.8 Å². The van der Waals surface area contributed by atoms with Gasteiger partial charge in [-0.25, -0.2) is 4.98 Å². The molecule has 4 nitrogen and oxygen atoms in total. The molecule has 1 amide bonds. The van der Waals surface area contributed by atoms with E-state index in [0.717, 1.165) is 35.9 Å². The summed E-state index contributed by atoms with van der Waals surface area (Å²) >= 11 is 0. The van der Waals surface area contributed by atoms with Crippen molar-refractivity contribution >= 4 is 17.3 Å². The van der Waals surface area contributed by atoms with Gasteiger partial charge in [-0.15, -0.1) is 0 Å². The first-order valence-electron chi connectivity index (χ1n) is 8.62. The van der Waals surface area contributed by atoms with Gasteiger partial charge in [-0.3, -0.25) is 4.79 Å². The summed E-state index contributed by atoms with van der Waals surface area (Å²) in [6.45, 7) is 8.47. The topological polar surface area (TPSA) is 45.2 Å². The van der Waals surface area contributed by atoms with Crippen LogP contribution in [0, 0.1) is 19.8 Å². The maximum absolute atomic E-state index is 12.4. The van der Waals surface area contributed by atoms with Gasteiger partial charge in [-0.2, -0.15) is 0 Å². The highest BCUT2D eigenvalue weighted by molar-refractivity contribution is 6.03. The number of anilines is 2. The van der Waals surface area contributed by atoms with Gasteiger partial charge in [0.1, 0.15) is 5.69 Å². The second kappa shape index (κ2) is 7.04. The molecule has 1 aliphatic heterocycles. The molecule has 2 aromatic rings. The van der Waals surface area contributed by atoms with Crippen LogP contribution in [0.4, 0.5) is 11.4 Å². The minimum atomic E-state index is -0.166. The second-order valence-electron chi connectivity index (χ2n) is 6.84. The zero-order valence-corrected chi connectivity index (χ0v) is 14.7. The van der Waals surface area contributed by atoms with E-state index in [4.69, 9.17) is 0 Å². The monoisotopic (exact) mass is 323 g/mol. The number of hydrogen-bond acceptors (Lipinski definition) is 3. The number of pyridine rings is 1. The molecule has 1 fully saturated rings. The minimum absolute atomic E-state index is 0.166. The van der Waals surface area contributed by atoms with Crippen molar-refractivity contribution in [3.63, 3.8) is 0 Å². The fourth-order valence-electron chi connectivity index (χ4n) is 3.11. The van der Waals surface area contributed by atoms with E-state index in [2.05, 4.69) is 28.2 Å². The third kappa shape index (κ3) is 3.75. The van der Waals surface area contributed by atoms with Crippen LogP contribution in [0.1, 0.15) is 41.4 Å². The first kappa shape index (κ1) is 16.5. The average molecular weight is 323 g/mol. The summed E-state index contributed by atoms with van der Waals surface area (Å²) in [5.41, 5.74) is 4.63. The highest BCUT2D eigenvalue weighted by Gasteiger charge is 2.17. The lowest BCUT2D eigenvalue weighted by Gasteiger charge is -2.31. The normalized spacial score (nSPS) is 15.4. The maximum Gasteiger partial charge on any atom is 0.274 e. The van der Waals surface area contributed by atoms with Crippen molar-refractivity contribution in [2.24, 2.45) is 5.92 Å². The van der Waals surface area contributed by atoms with Gasteiger partial charge < -0.3 is 10.2 Å². The van der Waals surface area contributed by atoms with Gasteiger partial charge in [-0.1, -0.05) is 24.6 Å². The van der Waals surface area contributed by atoms with Crippen LogP contribution in [0.15, 0.2) is 36.5 Å². The third-order valence-corrected chi connectivity index (χ3v) is 4.76. The Labute approximate surface area is 143 Å². The summed E-state index contributed by atoms with van der Waals surface area (Å²) in [5.74, 6) is 0.637. The van der Waals surface area contributed by atoms with Crippen LogP contribution in [0.2, 0.25) is 0 Å². The van der Waals surface area contributed by atoms with E-state index in [1.54, 1.807) is 0 Å². The van der Waals surface area contributed by atoms with E-state index in [1.807, 2.05) is 44.3 Å². The fraction of sp³-hybridized carbons (Fsp3) is 0.400. The molecule has 1 aliphatic rings. The van der Waals surface area contributed by atoms with Crippen LogP contribution in [0.25, 0.3) is 0 Å². The zero-order chi connectivity index (χ0) is 17.1. The lowest BCUT2D eigenvalue weighted by atomic mass is 9.99. The Bertz CT molecular complexity index is 716. The van der Waals surface area contributed by atoms with E-state index < -0.39 is 0 Å². The lowest BCUT2D eigenvalue weighted by Crippen LogP contribution is -2.32. The molecule has 126 valence electrons. The molecule has 0 atom stereocenters. The standard InChI is InChI=1S/C20H25N3O/c1-14-8-10-23(11-9-14)17-5-7-19(21-13-17)20(24)22-18-6-4-15(2)12-16(18)3/h4-7,12-14H,8-11H2,1-3H3,(H,22,24). The number of nitrogens with zero attached hydrogens (tertiary/aromatic N) is 2.